The molecule has 0 saturated carbocycles. The maximum atomic E-state index is 12.5. The maximum absolute atomic E-state index is 12.5. The summed E-state index contributed by atoms with van der Waals surface area (Å²) in [7, 11) is 1.34. The average molecular weight is 277 g/mol. The van der Waals surface area contributed by atoms with Gasteiger partial charge < -0.3 is 14.4 Å². The molecule has 1 aliphatic rings. The number of carbonyl (C=O) groups excluding carboxylic acids is 2. The number of hydrogen-bond donors (Lipinski definition) is 0. The molecule has 0 aliphatic carbocycles. The van der Waals surface area contributed by atoms with Crippen molar-refractivity contribution in [2.75, 3.05) is 25.2 Å². The minimum absolute atomic E-state index is 0.0856. The van der Waals surface area contributed by atoms with Crippen LogP contribution in [0.25, 0.3) is 0 Å². The van der Waals surface area contributed by atoms with Gasteiger partial charge in [0.15, 0.2) is 0 Å². The lowest BCUT2D eigenvalue weighted by Crippen LogP contribution is -2.40. The third-order valence-corrected chi connectivity index (χ3v) is 3.31. The Morgan fingerprint density at radius 1 is 1.35 bits per heavy atom. The van der Waals surface area contributed by atoms with Crippen LogP contribution in [-0.4, -0.2) is 38.2 Å². The molecule has 1 heterocycles. The highest BCUT2D eigenvalue weighted by Gasteiger charge is 2.29. The van der Waals surface area contributed by atoms with Crippen molar-refractivity contribution in [2.45, 2.75) is 25.4 Å². The summed E-state index contributed by atoms with van der Waals surface area (Å²) in [6.07, 6.45) is 1.41. The molecule has 1 aromatic rings. The lowest BCUT2D eigenvalue weighted by molar-refractivity contribution is -0.140. The molecule has 0 N–H and O–H groups in total. The van der Waals surface area contributed by atoms with E-state index in [4.69, 9.17) is 4.74 Å². The van der Waals surface area contributed by atoms with Gasteiger partial charge in [0.2, 0.25) is 0 Å². The topological polar surface area (TPSA) is 55.8 Å². The SMILES string of the molecule is COC(=O)CCN(C(=O)C1CCCO1)c1ccccc1. The van der Waals surface area contributed by atoms with Gasteiger partial charge in [-0.3, -0.25) is 9.59 Å². The number of rotatable bonds is 5. The number of nitrogens with zero attached hydrogens (tertiary/aromatic N) is 1. The second kappa shape index (κ2) is 7.05. The molecule has 1 fully saturated rings. The fourth-order valence-electron chi connectivity index (χ4n) is 2.23. The molecule has 1 saturated heterocycles. The lowest BCUT2D eigenvalue weighted by Gasteiger charge is -2.25. The number of carbonyl (C=O) groups is 2. The molecule has 5 heteroatoms. The van der Waals surface area contributed by atoms with Gasteiger partial charge in [-0.05, 0) is 25.0 Å². The highest BCUT2D eigenvalue weighted by Crippen LogP contribution is 2.20. The van der Waals surface area contributed by atoms with Gasteiger partial charge in [-0.2, -0.15) is 0 Å². The van der Waals surface area contributed by atoms with E-state index < -0.39 is 6.10 Å². The van der Waals surface area contributed by atoms with Crippen molar-refractivity contribution in [3.8, 4) is 0 Å². The molecule has 20 heavy (non-hydrogen) atoms. The van der Waals surface area contributed by atoms with Crippen LogP contribution in [0.3, 0.4) is 0 Å². The normalized spacial score (nSPS) is 17.8. The number of anilines is 1. The summed E-state index contributed by atoms with van der Waals surface area (Å²) in [5, 5.41) is 0. The van der Waals surface area contributed by atoms with Crippen molar-refractivity contribution < 1.29 is 19.1 Å². The van der Waals surface area contributed by atoms with E-state index in [1.165, 1.54) is 7.11 Å². The summed E-state index contributed by atoms with van der Waals surface area (Å²) in [6.45, 7) is 0.922. The summed E-state index contributed by atoms with van der Waals surface area (Å²) in [5.41, 5.74) is 0.775. The Morgan fingerprint density at radius 2 is 2.10 bits per heavy atom. The summed E-state index contributed by atoms with van der Waals surface area (Å²) in [4.78, 5) is 25.4. The van der Waals surface area contributed by atoms with E-state index in [0.29, 0.717) is 13.2 Å². The van der Waals surface area contributed by atoms with Crippen molar-refractivity contribution >= 4 is 17.6 Å². The van der Waals surface area contributed by atoms with Gasteiger partial charge in [-0.1, -0.05) is 18.2 Å². The Balaban J connectivity index is 2.10. The molecule has 5 nitrogen and oxygen atoms in total. The summed E-state index contributed by atoms with van der Waals surface area (Å²) in [6, 6.07) is 9.32. The minimum Gasteiger partial charge on any atom is -0.469 e. The number of para-hydroxylation sites is 1. The molecule has 0 aromatic heterocycles. The molecular formula is C15H19NO4. The second-order valence-electron chi connectivity index (χ2n) is 4.65. The van der Waals surface area contributed by atoms with E-state index in [-0.39, 0.29) is 18.3 Å². The molecule has 0 radical (unpaired) electrons. The Kier molecular flexibility index (Phi) is 5.12. The zero-order valence-electron chi connectivity index (χ0n) is 11.6. The third kappa shape index (κ3) is 3.57. The smallest absolute Gasteiger partial charge is 0.307 e. The first kappa shape index (κ1) is 14.5. The standard InChI is InChI=1S/C15H19NO4/c1-19-14(17)9-10-16(12-6-3-2-4-7-12)15(18)13-8-5-11-20-13/h2-4,6-7,13H,5,8-11H2,1H3. The zero-order valence-corrected chi connectivity index (χ0v) is 11.6. The fourth-order valence-corrected chi connectivity index (χ4v) is 2.23. The molecule has 1 atom stereocenters. The van der Waals surface area contributed by atoms with E-state index in [2.05, 4.69) is 4.74 Å². The Morgan fingerprint density at radius 3 is 2.70 bits per heavy atom. The highest BCUT2D eigenvalue weighted by atomic mass is 16.5. The molecule has 1 aliphatic heterocycles. The van der Waals surface area contributed by atoms with Gasteiger partial charge in [0.1, 0.15) is 6.10 Å². The largest absolute Gasteiger partial charge is 0.469 e. The van der Waals surface area contributed by atoms with Crippen LogP contribution in [0.4, 0.5) is 5.69 Å². The predicted octanol–water partition coefficient (Wildman–Crippen LogP) is 1.76. The van der Waals surface area contributed by atoms with Gasteiger partial charge in [0.05, 0.1) is 13.5 Å². The van der Waals surface area contributed by atoms with Gasteiger partial charge in [0, 0.05) is 18.8 Å². The summed E-state index contributed by atoms with van der Waals surface area (Å²) < 4.78 is 10.1. The predicted molar refractivity (Wildman–Crippen MR) is 74.4 cm³/mol. The Bertz CT molecular complexity index is 454. The van der Waals surface area contributed by atoms with E-state index >= 15 is 0 Å². The van der Waals surface area contributed by atoms with Gasteiger partial charge in [0.25, 0.3) is 5.91 Å². The van der Waals surface area contributed by atoms with Crippen molar-refractivity contribution in [3.63, 3.8) is 0 Å². The minimum atomic E-state index is -0.396. The molecule has 2 rings (SSSR count). The number of hydrogen-bond acceptors (Lipinski definition) is 4. The van der Waals surface area contributed by atoms with E-state index in [1.807, 2.05) is 30.3 Å². The Labute approximate surface area is 118 Å². The van der Waals surface area contributed by atoms with Crippen molar-refractivity contribution in [1.82, 2.24) is 0 Å². The van der Waals surface area contributed by atoms with Crippen LogP contribution in [0, 0.1) is 0 Å². The van der Waals surface area contributed by atoms with Crippen LogP contribution in [0.15, 0.2) is 30.3 Å². The fraction of sp³-hybridized carbons (Fsp3) is 0.467. The van der Waals surface area contributed by atoms with E-state index in [9.17, 15) is 9.59 Å². The van der Waals surface area contributed by atoms with E-state index in [0.717, 1.165) is 18.5 Å². The highest BCUT2D eigenvalue weighted by molar-refractivity contribution is 5.97. The quantitative estimate of drug-likeness (QED) is 0.770. The number of benzene rings is 1. The molecule has 1 aromatic carbocycles. The van der Waals surface area contributed by atoms with Crippen molar-refractivity contribution in [2.24, 2.45) is 0 Å². The van der Waals surface area contributed by atoms with Gasteiger partial charge in [-0.25, -0.2) is 0 Å². The first-order chi connectivity index (χ1) is 9.72. The van der Waals surface area contributed by atoms with Crippen LogP contribution < -0.4 is 4.90 Å². The first-order valence-electron chi connectivity index (χ1n) is 6.77. The molecule has 108 valence electrons. The second-order valence-corrected chi connectivity index (χ2v) is 4.65. The van der Waals surface area contributed by atoms with Crippen LogP contribution in [0.1, 0.15) is 19.3 Å². The average Bonchev–Trinajstić information content (AvgIpc) is 3.02. The van der Waals surface area contributed by atoms with Crippen molar-refractivity contribution in [3.05, 3.63) is 30.3 Å². The van der Waals surface area contributed by atoms with Gasteiger partial charge in [-0.15, -0.1) is 0 Å². The maximum Gasteiger partial charge on any atom is 0.307 e. The monoisotopic (exact) mass is 277 g/mol. The van der Waals surface area contributed by atoms with Crippen LogP contribution in [0.5, 0.6) is 0 Å². The first-order valence-corrected chi connectivity index (χ1v) is 6.77. The molecular weight excluding hydrogens is 258 g/mol. The van der Waals surface area contributed by atoms with Crippen LogP contribution >= 0.6 is 0 Å². The number of amides is 1. The number of ether oxygens (including phenoxy) is 2. The number of esters is 1. The molecule has 0 bridgehead atoms. The molecule has 1 unspecified atom stereocenters. The number of methoxy groups -OCH3 is 1. The van der Waals surface area contributed by atoms with Crippen LogP contribution in [-0.2, 0) is 19.1 Å². The van der Waals surface area contributed by atoms with Gasteiger partial charge >= 0.3 is 5.97 Å². The van der Waals surface area contributed by atoms with E-state index in [1.54, 1.807) is 4.90 Å². The van der Waals surface area contributed by atoms with Crippen LogP contribution in [0.2, 0.25) is 0 Å². The zero-order chi connectivity index (χ0) is 14.4. The van der Waals surface area contributed by atoms with Crippen molar-refractivity contribution in [1.29, 1.82) is 0 Å². The third-order valence-electron chi connectivity index (χ3n) is 3.31. The summed E-state index contributed by atoms with van der Waals surface area (Å²) >= 11 is 0. The summed E-state index contributed by atoms with van der Waals surface area (Å²) in [5.74, 6) is -0.413. The molecule has 1 amide bonds. The lowest BCUT2D eigenvalue weighted by atomic mass is 10.2. The molecule has 0 spiro atoms. The Hall–Kier alpha value is -1.88.